The van der Waals surface area contributed by atoms with Crippen molar-refractivity contribution < 1.29 is 4.79 Å². The van der Waals surface area contributed by atoms with Crippen molar-refractivity contribution in [3.63, 3.8) is 0 Å². The lowest BCUT2D eigenvalue weighted by Crippen LogP contribution is -1.91. The molecular formula is C6H4N4O. The smallest absolute Gasteiger partial charge is 0.285 e. The molecule has 0 atom stereocenters. The monoisotopic (exact) mass is 148 g/mol. The summed E-state index contributed by atoms with van der Waals surface area (Å²) in [6.45, 7) is 0. The maximum absolute atomic E-state index is 10.9. The zero-order valence-electron chi connectivity index (χ0n) is 5.48. The molecule has 1 aliphatic rings. The van der Waals surface area contributed by atoms with Crippen molar-refractivity contribution in [2.24, 2.45) is 10.2 Å². The van der Waals surface area contributed by atoms with Crippen LogP contribution < -0.4 is 0 Å². The Morgan fingerprint density at radius 3 is 2.91 bits per heavy atom. The number of hydrogen-bond donors (Lipinski definition) is 1. The molecule has 0 saturated carbocycles. The molecule has 2 heterocycles. The number of azo groups is 1. The van der Waals surface area contributed by atoms with E-state index in [9.17, 15) is 4.79 Å². The van der Waals surface area contributed by atoms with Gasteiger partial charge in [0.15, 0.2) is 0 Å². The number of H-pyrrole nitrogens is 1. The zero-order valence-corrected chi connectivity index (χ0v) is 5.48. The van der Waals surface area contributed by atoms with Gasteiger partial charge in [0.1, 0.15) is 0 Å². The first kappa shape index (κ1) is 5.96. The molecule has 1 aromatic rings. The SMILES string of the molecule is O=C1N=NC=C1c1cn[nH]c1. The maximum Gasteiger partial charge on any atom is 0.297 e. The average molecular weight is 148 g/mol. The van der Waals surface area contributed by atoms with Gasteiger partial charge in [0.05, 0.1) is 18.0 Å². The topological polar surface area (TPSA) is 70.5 Å². The molecule has 54 valence electrons. The highest BCUT2D eigenvalue weighted by Gasteiger charge is 2.15. The Hall–Kier alpha value is -1.78. The summed E-state index contributed by atoms with van der Waals surface area (Å²) in [4.78, 5) is 10.9. The number of amides is 1. The van der Waals surface area contributed by atoms with E-state index in [2.05, 4.69) is 20.4 Å². The third-order valence-electron chi connectivity index (χ3n) is 1.38. The van der Waals surface area contributed by atoms with Gasteiger partial charge in [-0.25, -0.2) is 0 Å². The Morgan fingerprint density at radius 1 is 1.45 bits per heavy atom. The highest BCUT2D eigenvalue weighted by molar-refractivity contribution is 6.20. The quantitative estimate of drug-likeness (QED) is 0.638. The van der Waals surface area contributed by atoms with E-state index in [1.165, 1.54) is 6.20 Å². The van der Waals surface area contributed by atoms with E-state index >= 15 is 0 Å². The molecule has 1 N–H and O–H groups in total. The zero-order chi connectivity index (χ0) is 7.68. The van der Waals surface area contributed by atoms with Crippen LogP contribution in [0.15, 0.2) is 28.8 Å². The molecule has 1 amide bonds. The van der Waals surface area contributed by atoms with Gasteiger partial charge in [-0.3, -0.25) is 9.89 Å². The second kappa shape index (κ2) is 2.12. The molecule has 1 aromatic heterocycles. The highest BCUT2D eigenvalue weighted by atomic mass is 16.2. The number of carbonyl (C=O) groups excluding carboxylic acids is 1. The molecule has 2 rings (SSSR count). The van der Waals surface area contributed by atoms with Crippen LogP contribution in [0.25, 0.3) is 5.57 Å². The summed E-state index contributed by atoms with van der Waals surface area (Å²) in [5.74, 6) is -0.314. The minimum Gasteiger partial charge on any atom is -0.285 e. The van der Waals surface area contributed by atoms with E-state index in [0.29, 0.717) is 5.57 Å². The first-order valence-corrected chi connectivity index (χ1v) is 3.02. The van der Waals surface area contributed by atoms with E-state index in [0.717, 1.165) is 5.56 Å². The Labute approximate surface area is 61.8 Å². The first-order chi connectivity index (χ1) is 5.38. The number of aromatic nitrogens is 2. The molecule has 0 saturated heterocycles. The van der Waals surface area contributed by atoms with E-state index in [-0.39, 0.29) is 5.91 Å². The molecule has 1 aliphatic heterocycles. The van der Waals surface area contributed by atoms with Gasteiger partial charge in [0.2, 0.25) is 0 Å². The lowest BCUT2D eigenvalue weighted by Gasteiger charge is -1.87. The van der Waals surface area contributed by atoms with Crippen molar-refractivity contribution in [3.05, 3.63) is 24.2 Å². The molecule has 11 heavy (non-hydrogen) atoms. The average Bonchev–Trinajstić information content (AvgIpc) is 2.55. The van der Waals surface area contributed by atoms with E-state index in [4.69, 9.17) is 0 Å². The van der Waals surface area contributed by atoms with Gasteiger partial charge in [-0.15, -0.1) is 5.11 Å². The van der Waals surface area contributed by atoms with Crippen molar-refractivity contribution in [3.8, 4) is 0 Å². The summed E-state index contributed by atoms with van der Waals surface area (Å²) < 4.78 is 0. The summed E-state index contributed by atoms with van der Waals surface area (Å²) >= 11 is 0. The third kappa shape index (κ3) is 0.861. The van der Waals surface area contributed by atoms with Crippen molar-refractivity contribution in [1.29, 1.82) is 0 Å². The molecule has 5 heteroatoms. The van der Waals surface area contributed by atoms with Crippen LogP contribution in [0.3, 0.4) is 0 Å². The Balaban J connectivity index is 2.40. The predicted molar refractivity (Wildman–Crippen MR) is 36.4 cm³/mol. The second-order valence-electron chi connectivity index (χ2n) is 2.05. The van der Waals surface area contributed by atoms with Crippen molar-refractivity contribution in [2.75, 3.05) is 0 Å². The second-order valence-corrected chi connectivity index (χ2v) is 2.05. The van der Waals surface area contributed by atoms with Crippen LogP contribution in [0.2, 0.25) is 0 Å². The van der Waals surface area contributed by atoms with Crippen molar-refractivity contribution >= 4 is 11.5 Å². The van der Waals surface area contributed by atoms with Gasteiger partial charge in [-0.05, 0) is 0 Å². The van der Waals surface area contributed by atoms with E-state index in [1.54, 1.807) is 12.4 Å². The normalized spacial score (nSPS) is 15.6. The van der Waals surface area contributed by atoms with Gasteiger partial charge in [-0.1, -0.05) is 0 Å². The Bertz CT molecular complexity index is 335. The molecule has 0 fully saturated rings. The van der Waals surface area contributed by atoms with Gasteiger partial charge >= 0.3 is 0 Å². The third-order valence-corrected chi connectivity index (χ3v) is 1.38. The van der Waals surface area contributed by atoms with Crippen molar-refractivity contribution in [2.45, 2.75) is 0 Å². The van der Waals surface area contributed by atoms with Crippen LogP contribution in [0.1, 0.15) is 5.56 Å². The standard InChI is InChI=1S/C6H4N4O/c11-6-5(3-9-10-6)4-1-7-8-2-4/h1-3H,(H,7,8). The minimum absolute atomic E-state index is 0.314. The summed E-state index contributed by atoms with van der Waals surface area (Å²) in [6, 6.07) is 0. The van der Waals surface area contributed by atoms with Crippen LogP contribution in [-0.2, 0) is 4.79 Å². The van der Waals surface area contributed by atoms with E-state index < -0.39 is 0 Å². The fourth-order valence-corrected chi connectivity index (χ4v) is 0.844. The lowest BCUT2D eigenvalue weighted by atomic mass is 10.1. The molecule has 0 aliphatic carbocycles. The van der Waals surface area contributed by atoms with Crippen LogP contribution >= 0.6 is 0 Å². The molecule has 0 aromatic carbocycles. The van der Waals surface area contributed by atoms with Crippen LogP contribution in [0, 0.1) is 0 Å². The van der Waals surface area contributed by atoms with Gasteiger partial charge in [0, 0.05) is 11.8 Å². The Kier molecular flexibility index (Phi) is 1.15. The van der Waals surface area contributed by atoms with Crippen LogP contribution in [0.4, 0.5) is 0 Å². The molecule has 5 nitrogen and oxygen atoms in total. The summed E-state index contributed by atoms with van der Waals surface area (Å²) in [5, 5.41) is 13.1. The van der Waals surface area contributed by atoms with Gasteiger partial charge in [0.25, 0.3) is 5.91 Å². The van der Waals surface area contributed by atoms with E-state index in [1.807, 2.05) is 0 Å². The van der Waals surface area contributed by atoms with Gasteiger partial charge < -0.3 is 0 Å². The number of nitrogens with one attached hydrogen (secondary N) is 1. The predicted octanol–water partition coefficient (Wildman–Crippen LogP) is 0.743. The van der Waals surface area contributed by atoms with Crippen LogP contribution in [0.5, 0.6) is 0 Å². The fraction of sp³-hybridized carbons (Fsp3) is 0. The molecular weight excluding hydrogens is 144 g/mol. The largest absolute Gasteiger partial charge is 0.297 e. The molecule has 0 bridgehead atoms. The van der Waals surface area contributed by atoms with Gasteiger partial charge in [-0.2, -0.15) is 10.2 Å². The Morgan fingerprint density at radius 2 is 2.36 bits per heavy atom. The van der Waals surface area contributed by atoms with Crippen LogP contribution in [-0.4, -0.2) is 16.1 Å². The highest BCUT2D eigenvalue weighted by Crippen LogP contribution is 2.18. The number of hydrogen-bond acceptors (Lipinski definition) is 3. The molecule has 0 unspecified atom stereocenters. The minimum atomic E-state index is -0.314. The number of aromatic amines is 1. The van der Waals surface area contributed by atoms with Crippen molar-refractivity contribution in [1.82, 2.24) is 10.2 Å². The first-order valence-electron chi connectivity index (χ1n) is 3.02. The summed E-state index contributed by atoms with van der Waals surface area (Å²) in [6.07, 6.45) is 4.60. The summed E-state index contributed by atoms with van der Waals surface area (Å²) in [5.41, 5.74) is 1.21. The number of carbonyl (C=O) groups is 1. The number of rotatable bonds is 1. The lowest BCUT2D eigenvalue weighted by molar-refractivity contribution is -0.112. The fourth-order valence-electron chi connectivity index (χ4n) is 0.844. The maximum atomic E-state index is 10.9. The molecule has 0 spiro atoms. The number of nitrogens with zero attached hydrogens (tertiary/aromatic N) is 3. The summed E-state index contributed by atoms with van der Waals surface area (Å²) in [7, 11) is 0. The molecule has 0 radical (unpaired) electrons.